The van der Waals surface area contributed by atoms with E-state index in [1.807, 2.05) is 6.07 Å². The third-order valence-electron chi connectivity index (χ3n) is 4.93. The van der Waals surface area contributed by atoms with E-state index >= 15 is 0 Å². The molecule has 3 rings (SSSR count). The van der Waals surface area contributed by atoms with Crippen molar-refractivity contribution in [2.75, 3.05) is 24.6 Å². The first kappa shape index (κ1) is 14.1. The van der Waals surface area contributed by atoms with Crippen LogP contribution in [0.2, 0.25) is 0 Å². The summed E-state index contributed by atoms with van der Waals surface area (Å²) in [4.78, 5) is 2.56. The van der Waals surface area contributed by atoms with Crippen molar-refractivity contribution in [1.82, 2.24) is 4.90 Å². The van der Waals surface area contributed by atoms with Crippen LogP contribution in [0.4, 0.5) is 0 Å². The summed E-state index contributed by atoms with van der Waals surface area (Å²) in [6.07, 6.45) is 5.28. The van der Waals surface area contributed by atoms with Crippen LogP contribution >= 0.6 is 0 Å². The Morgan fingerprint density at radius 1 is 0.900 bits per heavy atom. The average molecular weight is 293 g/mol. The van der Waals surface area contributed by atoms with E-state index in [1.54, 1.807) is 0 Å². The number of hydrogen-bond acceptors (Lipinski definition) is 3. The van der Waals surface area contributed by atoms with E-state index < -0.39 is 9.84 Å². The van der Waals surface area contributed by atoms with E-state index in [0.29, 0.717) is 11.5 Å². The molecule has 1 aromatic rings. The number of hydrogen-bond donors (Lipinski definition) is 0. The fourth-order valence-corrected chi connectivity index (χ4v) is 5.24. The van der Waals surface area contributed by atoms with Gasteiger partial charge in [0.15, 0.2) is 0 Å². The summed E-state index contributed by atoms with van der Waals surface area (Å²) in [6, 6.07) is 10.5. The van der Waals surface area contributed by atoms with Crippen LogP contribution in [-0.2, 0) is 15.4 Å². The summed E-state index contributed by atoms with van der Waals surface area (Å²) >= 11 is 0. The molecular formula is C16H23NO2S. The predicted octanol–water partition coefficient (Wildman–Crippen LogP) is 2.58. The van der Waals surface area contributed by atoms with Crippen molar-refractivity contribution in [3.05, 3.63) is 35.9 Å². The highest BCUT2D eigenvalue weighted by Crippen LogP contribution is 2.40. The Hall–Kier alpha value is -0.870. The van der Waals surface area contributed by atoms with Crippen molar-refractivity contribution in [3.8, 4) is 0 Å². The summed E-state index contributed by atoms with van der Waals surface area (Å²) in [5, 5.41) is 0. The van der Waals surface area contributed by atoms with E-state index in [0.717, 1.165) is 25.9 Å². The molecule has 0 aliphatic carbocycles. The Labute approximate surface area is 121 Å². The van der Waals surface area contributed by atoms with Crippen LogP contribution in [0.25, 0.3) is 0 Å². The second-order valence-electron chi connectivity index (χ2n) is 6.10. The summed E-state index contributed by atoms with van der Waals surface area (Å²) in [5.41, 5.74) is 1.25. The highest BCUT2D eigenvalue weighted by molar-refractivity contribution is 7.91. The quantitative estimate of drug-likeness (QED) is 0.841. The van der Waals surface area contributed by atoms with Gasteiger partial charge in [0, 0.05) is 5.54 Å². The number of likely N-dealkylation sites (tertiary alicyclic amines) is 1. The predicted molar refractivity (Wildman–Crippen MR) is 81.4 cm³/mol. The molecule has 20 heavy (non-hydrogen) atoms. The first-order valence-electron chi connectivity index (χ1n) is 7.63. The molecular weight excluding hydrogens is 270 g/mol. The lowest BCUT2D eigenvalue weighted by molar-refractivity contribution is 0.0538. The van der Waals surface area contributed by atoms with Gasteiger partial charge in [-0.05, 0) is 44.3 Å². The third-order valence-corrected chi connectivity index (χ3v) is 6.58. The van der Waals surface area contributed by atoms with Gasteiger partial charge in [0.2, 0.25) is 0 Å². The summed E-state index contributed by atoms with van der Waals surface area (Å²) in [5.74, 6) is 0.663. The van der Waals surface area contributed by atoms with Crippen molar-refractivity contribution in [3.63, 3.8) is 0 Å². The Bertz CT molecular complexity index is 533. The van der Waals surface area contributed by atoms with Gasteiger partial charge in [0.05, 0.1) is 11.5 Å². The van der Waals surface area contributed by atoms with Crippen LogP contribution in [0, 0.1) is 0 Å². The highest BCUT2D eigenvalue weighted by atomic mass is 32.2. The van der Waals surface area contributed by atoms with E-state index in [1.165, 1.54) is 24.8 Å². The number of rotatable bonds is 2. The topological polar surface area (TPSA) is 37.4 Å². The zero-order valence-corrected chi connectivity index (χ0v) is 12.7. The molecule has 1 aromatic carbocycles. The Kier molecular flexibility index (Phi) is 3.87. The molecule has 2 aliphatic rings. The van der Waals surface area contributed by atoms with Crippen LogP contribution in [0.5, 0.6) is 0 Å². The maximum atomic E-state index is 11.8. The van der Waals surface area contributed by atoms with E-state index in [-0.39, 0.29) is 5.54 Å². The molecule has 0 unspecified atom stereocenters. The van der Waals surface area contributed by atoms with Crippen LogP contribution in [0.3, 0.4) is 0 Å². The number of benzene rings is 1. The molecule has 0 aromatic heterocycles. The van der Waals surface area contributed by atoms with Gasteiger partial charge >= 0.3 is 0 Å². The lowest BCUT2D eigenvalue weighted by Gasteiger charge is -2.48. The largest absolute Gasteiger partial charge is 0.294 e. The van der Waals surface area contributed by atoms with Gasteiger partial charge in [-0.1, -0.05) is 36.8 Å². The van der Waals surface area contributed by atoms with Crippen LogP contribution in [-0.4, -0.2) is 37.9 Å². The van der Waals surface area contributed by atoms with Crippen LogP contribution in [0.1, 0.15) is 37.7 Å². The zero-order valence-electron chi connectivity index (χ0n) is 11.9. The van der Waals surface area contributed by atoms with Gasteiger partial charge < -0.3 is 0 Å². The third kappa shape index (κ3) is 2.63. The van der Waals surface area contributed by atoms with E-state index in [9.17, 15) is 8.42 Å². The zero-order chi connectivity index (χ0) is 14.1. The van der Waals surface area contributed by atoms with Crippen molar-refractivity contribution in [2.24, 2.45) is 0 Å². The SMILES string of the molecule is O=S1(=O)CCC(c2ccccc2)(N2CCCCC2)CC1. The molecule has 0 spiro atoms. The molecule has 0 N–H and O–H groups in total. The molecule has 0 amide bonds. The van der Waals surface area contributed by atoms with Gasteiger partial charge in [-0.25, -0.2) is 8.42 Å². The Morgan fingerprint density at radius 2 is 1.50 bits per heavy atom. The number of nitrogens with zero attached hydrogens (tertiary/aromatic N) is 1. The molecule has 4 heteroatoms. The molecule has 0 radical (unpaired) electrons. The minimum Gasteiger partial charge on any atom is -0.294 e. The second kappa shape index (κ2) is 5.49. The Balaban J connectivity index is 1.95. The van der Waals surface area contributed by atoms with Gasteiger partial charge in [-0.2, -0.15) is 0 Å². The van der Waals surface area contributed by atoms with Crippen LogP contribution < -0.4 is 0 Å². The van der Waals surface area contributed by atoms with Crippen molar-refractivity contribution in [2.45, 2.75) is 37.6 Å². The smallest absolute Gasteiger partial charge is 0.150 e. The van der Waals surface area contributed by atoms with E-state index in [2.05, 4.69) is 29.2 Å². The number of sulfone groups is 1. The highest BCUT2D eigenvalue weighted by Gasteiger charge is 2.43. The second-order valence-corrected chi connectivity index (χ2v) is 8.40. The summed E-state index contributed by atoms with van der Waals surface area (Å²) in [6.45, 7) is 2.21. The lowest BCUT2D eigenvalue weighted by Crippen LogP contribution is -2.52. The van der Waals surface area contributed by atoms with Gasteiger partial charge in [-0.15, -0.1) is 0 Å². The monoisotopic (exact) mass is 293 g/mol. The summed E-state index contributed by atoms with van der Waals surface area (Å²) < 4.78 is 23.7. The van der Waals surface area contributed by atoms with E-state index in [4.69, 9.17) is 0 Å². The molecule has 0 saturated carbocycles. The van der Waals surface area contributed by atoms with Gasteiger partial charge in [0.1, 0.15) is 9.84 Å². The summed E-state index contributed by atoms with van der Waals surface area (Å²) in [7, 11) is -2.83. The van der Waals surface area contributed by atoms with Crippen LogP contribution in [0.15, 0.2) is 30.3 Å². The van der Waals surface area contributed by atoms with Gasteiger partial charge in [-0.3, -0.25) is 4.90 Å². The molecule has 2 fully saturated rings. The molecule has 0 atom stereocenters. The minimum absolute atomic E-state index is 0.0486. The molecule has 2 saturated heterocycles. The number of piperidine rings is 1. The lowest BCUT2D eigenvalue weighted by atomic mass is 9.81. The minimum atomic E-state index is -2.83. The first-order chi connectivity index (χ1) is 9.62. The molecule has 110 valence electrons. The van der Waals surface area contributed by atoms with Gasteiger partial charge in [0.25, 0.3) is 0 Å². The molecule has 0 bridgehead atoms. The van der Waals surface area contributed by atoms with Crippen molar-refractivity contribution in [1.29, 1.82) is 0 Å². The maximum Gasteiger partial charge on any atom is 0.150 e. The normalized spacial score (nSPS) is 26.2. The fourth-order valence-electron chi connectivity index (χ4n) is 3.73. The maximum absolute atomic E-state index is 11.8. The standard InChI is InChI=1S/C16H23NO2S/c18-20(19)13-9-16(10-14-20,15-7-3-1-4-8-15)17-11-5-2-6-12-17/h1,3-4,7-8H,2,5-6,9-14H2. The molecule has 2 aliphatic heterocycles. The fraction of sp³-hybridized carbons (Fsp3) is 0.625. The average Bonchev–Trinajstić information content (AvgIpc) is 2.50. The molecule has 2 heterocycles. The Morgan fingerprint density at radius 3 is 2.10 bits per heavy atom. The van der Waals surface area contributed by atoms with Crippen molar-refractivity contribution < 1.29 is 8.42 Å². The van der Waals surface area contributed by atoms with Crippen molar-refractivity contribution >= 4 is 9.84 Å². The first-order valence-corrected chi connectivity index (χ1v) is 9.46. The molecule has 3 nitrogen and oxygen atoms in total.